The molecule has 0 saturated heterocycles. The number of sulfonamides is 1. The largest absolute Gasteiger partial charge is 0.480 e. The zero-order chi connectivity index (χ0) is 25.4. The number of nitrogens with one attached hydrogen (secondary N) is 4. The number of aryl methyl sites for hydroxylation is 1. The Kier molecular flexibility index (Phi) is 9.37. The number of benzene rings is 1. The summed E-state index contributed by atoms with van der Waals surface area (Å²) in [4.78, 5) is 39.5. The summed E-state index contributed by atoms with van der Waals surface area (Å²) < 4.78 is 61.3. The predicted octanol–water partition coefficient (Wildman–Crippen LogP) is -0.251. The average molecular weight is 507 g/mol. The molecular formula is C19H24F3N5O6S. The molecule has 1 aliphatic rings. The number of nitrogens with zero attached hydrogens (tertiary/aromatic N) is 1. The van der Waals surface area contributed by atoms with E-state index in [0.717, 1.165) is 18.5 Å². The van der Waals surface area contributed by atoms with Crippen molar-refractivity contribution in [2.24, 2.45) is 4.99 Å². The Labute approximate surface area is 193 Å². The Morgan fingerprint density at radius 1 is 1.18 bits per heavy atom. The van der Waals surface area contributed by atoms with Gasteiger partial charge in [0.15, 0.2) is 11.7 Å². The standard InChI is InChI=1S/C19H24F3N5O6S/c20-19(21,22)11-34(32,33)27-14(17(30)31)10-25-16(29)13-5-2-12(3-6-13)4-7-15(28)26-18-23-8-1-9-24-18/h2-3,5-6,14,27H,1,4,7-11H2,(H,25,29)(H,30,31)(H2,23,24,26,28)/t14-/m0/s1. The maximum absolute atomic E-state index is 12.3. The smallest absolute Gasteiger partial charge is 0.404 e. The molecule has 2 rings (SSSR count). The Bertz CT molecular complexity index is 1030. The summed E-state index contributed by atoms with van der Waals surface area (Å²) in [7, 11) is -4.98. The van der Waals surface area contributed by atoms with Crippen LogP contribution in [-0.4, -0.2) is 74.9 Å². The SMILES string of the molecule is O=C(CCc1ccc(C(=O)NC[C@H](NS(=O)(=O)CC(F)(F)F)C(=O)O)cc1)NC1=NCCCN1. The summed E-state index contributed by atoms with van der Waals surface area (Å²) in [6.45, 7) is 0.596. The van der Waals surface area contributed by atoms with Crippen LogP contribution in [0, 0.1) is 0 Å². The second-order valence-electron chi connectivity index (χ2n) is 7.35. The fourth-order valence-electron chi connectivity index (χ4n) is 2.84. The first-order valence-electron chi connectivity index (χ1n) is 10.1. The minimum atomic E-state index is -5.05. The zero-order valence-electron chi connectivity index (χ0n) is 17.8. The molecule has 1 aliphatic heterocycles. The van der Waals surface area contributed by atoms with Gasteiger partial charge in [-0.25, -0.2) is 8.42 Å². The fourth-order valence-corrected chi connectivity index (χ4v) is 3.97. The molecule has 0 unspecified atom stereocenters. The Morgan fingerprint density at radius 2 is 1.85 bits per heavy atom. The Hall–Kier alpha value is -3.20. The molecule has 0 aliphatic carbocycles. The van der Waals surface area contributed by atoms with E-state index in [4.69, 9.17) is 5.11 Å². The highest BCUT2D eigenvalue weighted by Gasteiger charge is 2.37. The van der Waals surface area contributed by atoms with Gasteiger partial charge in [0, 0.05) is 31.6 Å². The lowest BCUT2D eigenvalue weighted by atomic mass is 10.1. The number of alkyl halides is 3. The van der Waals surface area contributed by atoms with Crippen molar-refractivity contribution in [1.82, 2.24) is 20.7 Å². The van der Waals surface area contributed by atoms with Crippen LogP contribution in [0.1, 0.15) is 28.8 Å². The molecule has 15 heteroatoms. The van der Waals surface area contributed by atoms with Crippen LogP contribution in [0.25, 0.3) is 0 Å². The van der Waals surface area contributed by atoms with Gasteiger partial charge >= 0.3 is 12.1 Å². The van der Waals surface area contributed by atoms with Gasteiger partial charge in [0.05, 0.1) is 0 Å². The second kappa shape index (κ2) is 11.8. The van der Waals surface area contributed by atoms with Crippen LogP contribution in [0.15, 0.2) is 29.3 Å². The van der Waals surface area contributed by atoms with E-state index in [1.165, 1.54) is 16.9 Å². The van der Waals surface area contributed by atoms with Crippen molar-refractivity contribution in [3.63, 3.8) is 0 Å². The maximum atomic E-state index is 12.3. The molecule has 188 valence electrons. The number of guanidine groups is 1. The zero-order valence-corrected chi connectivity index (χ0v) is 18.6. The number of aliphatic imine (C=N–C) groups is 1. The van der Waals surface area contributed by atoms with Gasteiger partial charge in [-0.1, -0.05) is 12.1 Å². The van der Waals surface area contributed by atoms with E-state index in [2.05, 4.69) is 20.9 Å². The van der Waals surface area contributed by atoms with Crippen LogP contribution in [0.4, 0.5) is 13.2 Å². The number of hydrogen-bond acceptors (Lipinski definition) is 7. The first-order valence-corrected chi connectivity index (χ1v) is 11.7. The molecule has 34 heavy (non-hydrogen) atoms. The molecule has 1 aromatic rings. The first-order chi connectivity index (χ1) is 15.8. The summed E-state index contributed by atoms with van der Waals surface area (Å²) >= 11 is 0. The number of carboxylic acid groups (broad SMARTS) is 1. The van der Waals surface area contributed by atoms with Crippen molar-refractivity contribution in [3.8, 4) is 0 Å². The van der Waals surface area contributed by atoms with Crippen LogP contribution in [0.5, 0.6) is 0 Å². The number of hydrogen-bond donors (Lipinski definition) is 5. The van der Waals surface area contributed by atoms with Gasteiger partial charge < -0.3 is 15.7 Å². The molecule has 0 spiro atoms. The van der Waals surface area contributed by atoms with E-state index in [1.807, 2.05) is 0 Å². The molecule has 2 amide bonds. The predicted molar refractivity (Wildman–Crippen MR) is 115 cm³/mol. The van der Waals surface area contributed by atoms with Crippen LogP contribution < -0.4 is 20.7 Å². The highest BCUT2D eigenvalue weighted by atomic mass is 32.2. The van der Waals surface area contributed by atoms with Crippen LogP contribution in [0.3, 0.4) is 0 Å². The van der Waals surface area contributed by atoms with E-state index >= 15 is 0 Å². The highest BCUT2D eigenvalue weighted by Crippen LogP contribution is 2.16. The second-order valence-corrected chi connectivity index (χ2v) is 9.10. The van der Waals surface area contributed by atoms with E-state index in [9.17, 15) is 36.0 Å². The molecule has 11 nitrogen and oxygen atoms in total. The van der Waals surface area contributed by atoms with Crippen molar-refractivity contribution in [3.05, 3.63) is 35.4 Å². The maximum Gasteiger partial charge on any atom is 0.404 e. The van der Waals surface area contributed by atoms with Gasteiger partial charge in [0.1, 0.15) is 6.04 Å². The topological polar surface area (TPSA) is 166 Å². The number of carbonyl (C=O) groups excluding carboxylic acids is 2. The molecule has 1 aromatic carbocycles. The average Bonchev–Trinajstić information content (AvgIpc) is 2.74. The Morgan fingerprint density at radius 3 is 2.41 bits per heavy atom. The minimum Gasteiger partial charge on any atom is -0.480 e. The van der Waals surface area contributed by atoms with Crippen molar-refractivity contribution >= 4 is 33.8 Å². The van der Waals surface area contributed by atoms with Crippen LogP contribution >= 0.6 is 0 Å². The van der Waals surface area contributed by atoms with E-state index in [1.54, 1.807) is 12.1 Å². The van der Waals surface area contributed by atoms with Gasteiger partial charge in [-0.15, -0.1) is 0 Å². The number of rotatable bonds is 10. The molecule has 0 fully saturated rings. The van der Waals surface area contributed by atoms with Crippen LogP contribution in [-0.2, 0) is 26.0 Å². The third-order valence-electron chi connectivity index (χ3n) is 4.45. The van der Waals surface area contributed by atoms with Crippen LogP contribution in [0.2, 0.25) is 0 Å². The third kappa shape index (κ3) is 9.74. The van der Waals surface area contributed by atoms with E-state index < -0.39 is 46.4 Å². The van der Waals surface area contributed by atoms with E-state index in [0.29, 0.717) is 18.9 Å². The number of carbonyl (C=O) groups is 3. The van der Waals surface area contributed by atoms with Crippen molar-refractivity contribution in [2.75, 3.05) is 25.4 Å². The number of amides is 2. The monoisotopic (exact) mass is 507 g/mol. The molecule has 0 saturated carbocycles. The molecule has 0 radical (unpaired) electrons. The third-order valence-corrected chi connectivity index (χ3v) is 5.80. The molecular weight excluding hydrogens is 483 g/mol. The lowest BCUT2D eigenvalue weighted by Crippen LogP contribution is -2.50. The van der Waals surface area contributed by atoms with Gasteiger partial charge in [-0.3, -0.25) is 24.7 Å². The lowest BCUT2D eigenvalue weighted by molar-refractivity contribution is -0.139. The fraction of sp³-hybridized carbons (Fsp3) is 0.474. The van der Waals surface area contributed by atoms with Gasteiger partial charge in [0.25, 0.3) is 5.91 Å². The van der Waals surface area contributed by atoms with Crippen molar-refractivity contribution in [2.45, 2.75) is 31.5 Å². The van der Waals surface area contributed by atoms with E-state index in [-0.39, 0.29) is 17.9 Å². The summed E-state index contributed by atoms with van der Waals surface area (Å²) in [6, 6.07) is 4.01. The molecule has 1 atom stereocenters. The van der Waals surface area contributed by atoms with Crippen molar-refractivity contribution in [1.29, 1.82) is 0 Å². The lowest BCUT2D eigenvalue weighted by Gasteiger charge is -2.16. The number of aliphatic carboxylic acids is 1. The molecule has 1 heterocycles. The van der Waals surface area contributed by atoms with Gasteiger partial charge in [-0.2, -0.15) is 17.9 Å². The van der Waals surface area contributed by atoms with Gasteiger partial charge in [0.2, 0.25) is 15.9 Å². The van der Waals surface area contributed by atoms with Gasteiger partial charge in [-0.05, 0) is 30.5 Å². The summed E-state index contributed by atoms with van der Waals surface area (Å²) in [6.07, 6.45) is -3.61. The number of carboxylic acids is 1. The molecule has 0 bridgehead atoms. The van der Waals surface area contributed by atoms with Crippen molar-refractivity contribution < 1.29 is 41.1 Å². The first kappa shape index (κ1) is 27.0. The number of halogens is 3. The normalized spacial score (nSPS) is 15.0. The molecule has 0 aromatic heterocycles. The molecule has 5 N–H and O–H groups in total. The Balaban J connectivity index is 1.85. The highest BCUT2D eigenvalue weighted by molar-refractivity contribution is 7.89. The summed E-state index contributed by atoms with van der Waals surface area (Å²) in [5.41, 5.74) is 0.852. The minimum absolute atomic E-state index is 0.108. The quantitative estimate of drug-likeness (QED) is 0.291. The summed E-state index contributed by atoms with van der Waals surface area (Å²) in [5, 5.41) is 16.9. The summed E-state index contributed by atoms with van der Waals surface area (Å²) in [5.74, 6) is -4.56.